The van der Waals surface area contributed by atoms with Gasteiger partial charge in [-0.2, -0.15) is 0 Å². The molecule has 0 aromatic heterocycles. The third-order valence-corrected chi connectivity index (χ3v) is 4.38. The number of nitrogens with one attached hydrogen (secondary N) is 1. The first kappa shape index (κ1) is 15.8. The first-order valence-corrected chi connectivity index (χ1v) is 8.18. The molecule has 0 atom stereocenters. The third kappa shape index (κ3) is 4.74. The lowest BCUT2D eigenvalue weighted by atomic mass is 10.2. The maximum atomic E-state index is 11.9. The molecule has 1 N–H and O–H groups in total. The zero-order chi connectivity index (χ0) is 15.4. The van der Waals surface area contributed by atoms with Crippen molar-refractivity contribution >= 4 is 23.4 Å². The summed E-state index contributed by atoms with van der Waals surface area (Å²) in [7, 11) is 0. The van der Waals surface area contributed by atoms with Crippen LogP contribution in [0.4, 0.5) is 5.69 Å². The summed E-state index contributed by atoms with van der Waals surface area (Å²) in [4.78, 5) is 23.3. The minimum atomic E-state index is -0.411. The van der Waals surface area contributed by atoms with Crippen molar-refractivity contribution in [2.24, 2.45) is 5.92 Å². The Morgan fingerprint density at radius 2 is 2.19 bits per heavy atom. The molecule has 21 heavy (non-hydrogen) atoms. The summed E-state index contributed by atoms with van der Waals surface area (Å²) in [6, 6.07) is 4.99. The third-order valence-electron chi connectivity index (χ3n) is 3.28. The minimum Gasteiger partial charge on any atom is -0.349 e. The van der Waals surface area contributed by atoms with Crippen LogP contribution in [0.2, 0.25) is 0 Å². The number of hydrogen-bond acceptors (Lipinski definition) is 4. The first-order valence-electron chi connectivity index (χ1n) is 7.19. The average Bonchev–Trinajstić information content (AvgIpc) is 3.22. The Kier molecular flexibility index (Phi) is 5.22. The van der Waals surface area contributed by atoms with E-state index < -0.39 is 4.92 Å². The fourth-order valence-corrected chi connectivity index (χ4v) is 3.08. The Labute approximate surface area is 128 Å². The Morgan fingerprint density at radius 3 is 2.76 bits per heavy atom. The minimum absolute atomic E-state index is 0.0206. The smallest absolute Gasteiger partial charge is 0.283 e. The molecule has 1 aromatic carbocycles. The Balaban J connectivity index is 2.10. The highest BCUT2D eigenvalue weighted by Gasteiger charge is 2.25. The average molecular weight is 308 g/mol. The van der Waals surface area contributed by atoms with Crippen LogP contribution in [-0.4, -0.2) is 22.6 Å². The number of nitro groups is 1. The van der Waals surface area contributed by atoms with Gasteiger partial charge in [-0.15, -0.1) is 11.8 Å². The second kappa shape index (κ2) is 6.93. The molecule has 0 aliphatic heterocycles. The lowest BCUT2D eigenvalue weighted by Gasteiger charge is -2.07. The normalized spacial score (nSPS) is 14.2. The molecule has 2 rings (SSSR count). The number of hydrogen-bond donors (Lipinski definition) is 1. The molecule has 0 bridgehead atoms. The van der Waals surface area contributed by atoms with E-state index in [1.165, 1.54) is 17.8 Å². The monoisotopic (exact) mass is 308 g/mol. The molecule has 0 saturated heterocycles. The summed E-state index contributed by atoms with van der Waals surface area (Å²) in [5, 5.41) is 14.0. The van der Waals surface area contributed by atoms with Gasteiger partial charge in [-0.3, -0.25) is 14.9 Å². The van der Waals surface area contributed by atoms with Gasteiger partial charge in [-0.25, -0.2) is 0 Å². The van der Waals surface area contributed by atoms with E-state index in [9.17, 15) is 14.9 Å². The van der Waals surface area contributed by atoms with Gasteiger partial charge in [0.1, 0.15) is 0 Å². The number of rotatable bonds is 7. The largest absolute Gasteiger partial charge is 0.349 e. The van der Waals surface area contributed by atoms with Crippen LogP contribution < -0.4 is 5.32 Å². The maximum Gasteiger partial charge on any atom is 0.283 e. The molecule has 0 unspecified atom stereocenters. The highest BCUT2D eigenvalue weighted by atomic mass is 32.2. The van der Waals surface area contributed by atoms with Crippen molar-refractivity contribution in [2.75, 3.05) is 5.75 Å². The molecule has 114 valence electrons. The topological polar surface area (TPSA) is 72.2 Å². The molecule has 0 spiro atoms. The summed E-state index contributed by atoms with van der Waals surface area (Å²) >= 11 is 1.48. The zero-order valence-electron chi connectivity index (χ0n) is 12.3. The first-order chi connectivity index (χ1) is 9.97. The van der Waals surface area contributed by atoms with Crippen molar-refractivity contribution in [2.45, 2.75) is 44.0 Å². The predicted octanol–water partition coefficient (Wildman–Crippen LogP) is 3.63. The molecule has 1 amide bonds. The summed E-state index contributed by atoms with van der Waals surface area (Å²) < 4.78 is 0. The van der Waals surface area contributed by atoms with E-state index in [-0.39, 0.29) is 17.6 Å². The fourth-order valence-electron chi connectivity index (χ4n) is 1.82. The van der Waals surface area contributed by atoms with Gasteiger partial charge >= 0.3 is 0 Å². The summed E-state index contributed by atoms with van der Waals surface area (Å²) in [5.41, 5.74) is 0.383. The molecule has 1 saturated carbocycles. The summed E-state index contributed by atoms with van der Waals surface area (Å²) in [6.07, 6.45) is 3.00. The maximum absolute atomic E-state index is 11.9. The SMILES string of the molecule is CC(C)CCSc1ccc(C(=O)NC2CC2)cc1[N+](=O)[O-]. The van der Waals surface area contributed by atoms with Crippen LogP contribution in [0.15, 0.2) is 23.1 Å². The van der Waals surface area contributed by atoms with Gasteiger partial charge in [-0.1, -0.05) is 13.8 Å². The molecule has 0 radical (unpaired) electrons. The van der Waals surface area contributed by atoms with E-state index in [1.54, 1.807) is 12.1 Å². The van der Waals surface area contributed by atoms with E-state index in [2.05, 4.69) is 19.2 Å². The van der Waals surface area contributed by atoms with Crippen LogP contribution in [0, 0.1) is 16.0 Å². The number of thioether (sulfide) groups is 1. The van der Waals surface area contributed by atoms with Crippen LogP contribution in [0.1, 0.15) is 43.5 Å². The van der Waals surface area contributed by atoms with Crippen LogP contribution in [0.5, 0.6) is 0 Å². The van der Waals surface area contributed by atoms with Crippen molar-refractivity contribution in [3.8, 4) is 0 Å². The van der Waals surface area contributed by atoms with Gasteiger partial charge in [-0.05, 0) is 43.1 Å². The van der Waals surface area contributed by atoms with Crippen molar-refractivity contribution < 1.29 is 9.72 Å². The van der Waals surface area contributed by atoms with E-state index in [1.807, 2.05) is 0 Å². The Hall–Kier alpha value is -1.56. The number of nitrogens with zero attached hydrogens (tertiary/aromatic N) is 1. The molecular weight excluding hydrogens is 288 g/mol. The van der Waals surface area contributed by atoms with E-state index >= 15 is 0 Å². The van der Waals surface area contributed by atoms with Gasteiger partial charge in [0.05, 0.1) is 9.82 Å². The molecule has 1 fully saturated rings. The Morgan fingerprint density at radius 1 is 1.48 bits per heavy atom. The molecule has 0 heterocycles. The molecular formula is C15H20N2O3S. The van der Waals surface area contributed by atoms with Crippen LogP contribution in [0.25, 0.3) is 0 Å². The van der Waals surface area contributed by atoms with Gasteiger partial charge < -0.3 is 5.32 Å². The molecule has 5 nitrogen and oxygen atoms in total. The number of amides is 1. The number of carbonyl (C=O) groups excluding carboxylic acids is 1. The van der Waals surface area contributed by atoms with Crippen LogP contribution in [-0.2, 0) is 0 Å². The lowest BCUT2D eigenvalue weighted by Crippen LogP contribution is -2.25. The highest BCUT2D eigenvalue weighted by Crippen LogP contribution is 2.31. The summed E-state index contributed by atoms with van der Waals surface area (Å²) in [5.74, 6) is 1.19. The second-order valence-electron chi connectivity index (χ2n) is 5.72. The molecule has 1 aliphatic rings. The van der Waals surface area contributed by atoms with Crippen molar-refractivity contribution in [3.63, 3.8) is 0 Å². The van der Waals surface area contributed by atoms with Gasteiger partial charge in [0.25, 0.3) is 11.6 Å². The zero-order valence-corrected chi connectivity index (χ0v) is 13.1. The highest BCUT2D eigenvalue weighted by molar-refractivity contribution is 7.99. The van der Waals surface area contributed by atoms with Crippen LogP contribution >= 0.6 is 11.8 Å². The Bertz CT molecular complexity index is 542. The van der Waals surface area contributed by atoms with E-state index in [0.717, 1.165) is 25.0 Å². The van der Waals surface area contributed by atoms with Crippen LogP contribution in [0.3, 0.4) is 0 Å². The second-order valence-corrected chi connectivity index (χ2v) is 6.86. The number of carbonyl (C=O) groups is 1. The quantitative estimate of drug-likeness (QED) is 0.474. The van der Waals surface area contributed by atoms with Gasteiger partial charge in [0.2, 0.25) is 0 Å². The number of nitro benzene ring substituents is 1. The predicted molar refractivity (Wildman–Crippen MR) is 83.8 cm³/mol. The molecule has 6 heteroatoms. The molecule has 1 aliphatic carbocycles. The fraction of sp³-hybridized carbons (Fsp3) is 0.533. The standard InChI is InChI=1S/C15H20N2O3S/c1-10(2)7-8-21-14-6-3-11(9-13(14)17(19)20)15(18)16-12-4-5-12/h3,6,9-10,12H,4-5,7-8H2,1-2H3,(H,16,18). The van der Waals surface area contributed by atoms with Gasteiger partial charge in [0.15, 0.2) is 0 Å². The number of benzene rings is 1. The van der Waals surface area contributed by atoms with Gasteiger partial charge in [0, 0.05) is 17.7 Å². The molecule has 1 aromatic rings. The lowest BCUT2D eigenvalue weighted by molar-refractivity contribution is -0.387. The summed E-state index contributed by atoms with van der Waals surface area (Å²) in [6.45, 7) is 4.25. The van der Waals surface area contributed by atoms with Crippen molar-refractivity contribution in [1.82, 2.24) is 5.32 Å². The van der Waals surface area contributed by atoms with E-state index in [4.69, 9.17) is 0 Å². The van der Waals surface area contributed by atoms with Crippen molar-refractivity contribution in [1.29, 1.82) is 0 Å². The van der Waals surface area contributed by atoms with E-state index in [0.29, 0.717) is 16.4 Å². The van der Waals surface area contributed by atoms with Crippen molar-refractivity contribution in [3.05, 3.63) is 33.9 Å².